The second-order valence-corrected chi connectivity index (χ2v) is 3.49. The summed E-state index contributed by atoms with van der Waals surface area (Å²) in [6.45, 7) is 4.14. The van der Waals surface area contributed by atoms with Crippen molar-refractivity contribution >= 4 is 0 Å². The first kappa shape index (κ1) is 8.57. The number of hydrogen-bond donors (Lipinski definition) is 0. The molecule has 2 unspecified atom stereocenters. The average molecular weight is 178 g/mol. The van der Waals surface area contributed by atoms with E-state index in [0.29, 0.717) is 12.2 Å². The lowest BCUT2D eigenvalue weighted by atomic mass is 10.1. The van der Waals surface area contributed by atoms with Gasteiger partial charge in [0.15, 0.2) is 0 Å². The molecule has 2 rings (SSSR count). The van der Waals surface area contributed by atoms with Gasteiger partial charge in [0, 0.05) is 0 Å². The van der Waals surface area contributed by atoms with Crippen LogP contribution in [0.25, 0.3) is 0 Å². The van der Waals surface area contributed by atoms with Crippen LogP contribution in [0.3, 0.4) is 0 Å². The average Bonchev–Trinajstić information content (AvgIpc) is 2.82. The van der Waals surface area contributed by atoms with E-state index < -0.39 is 0 Å². The first-order chi connectivity index (χ1) is 6.22. The predicted octanol–water partition coefficient (Wildman–Crippen LogP) is 2.46. The third-order valence-corrected chi connectivity index (χ3v) is 2.46. The predicted molar refractivity (Wildman–Crippen MR) is 51.0 cm³/mol. The molecule has 0 N–H and O–H groups in total. The lowest BCUT2D eigenvalue weighted by molar-refractivity contribution is 0.382. The molecule has 1 fully saturated rings. The van der Waals surface area contributed by atoms with Gasteiger partial charge in [0.2, 0.25) is 0 Å². The van der Waals surface area contributed by atoms with Crippen LogP contribution >= 0.6 is 0 Å². The first-order valence-corrected chi connectivity index (χ1v) is 4.52. The van der Waals surface area contributed by atoms with Gasteiger partial charge in [0.1, 0.15) is 11.9 Å². The van der Waals surface area contributed by atoms with E-state index in [9.17, 15) is 0 Å². The summed E-state index contributed by atoms with van der Waals surface area (Å²) in [5, 5.41) is 0. The number of methoxy groups -OCH3 is 1. The van der Waals surface area contributed by atoms with Crippen LogP contribution in [0.2, 0.25) is 0 Å². The number of rotatable bonds is 2. The van der Waals surface area contributed by atoms with Gasteiger partial charge in [-0.2, -0.15) is 0 Å². The SMILES string of the molecule is COc1ccc(C2OC2C)cc1C. The summed E-state index contributed by atoms with van der Waals surface area (Å²) in [6.07, 6.45) is 0.692. The fourth-order valence-corrected chi connectivity index (χ4v) is 1.61. The highest BCUT2D eigenvalue weighted by atomic mass is 16.6. The molecule has 0 spiro atoms. The lowest BCUT2D eigenvalue weighted by Gasteiger charge is -2.05. The molecule has 70 valence electrons. The van der Waals surface area contributed by atoms with Crippen molar-refractivity contribution in [1.82, 2.24) is 0 Å². The summed E-state index contributed by atoms with van der Waals surface area (Å²) < 4.78 is 10.6. The molecule has 0 saturated carbocycles. The van der Waals surface area contributed by atoms with Crippen molar-refractivity contribution in [3.63, 3.8) is 0 Å². The Morgan fingerprint density at radius 2 is 2.08 bits per heavy atom. The van der Waals surface area contributed by atoms with Crippen molar-refractivity contribution in [2.24, 2.45) is 0 Å². The second-order valence-electron chi connectivity index (χ2n) is 3.49. The van der Waals surface area contributed by atoms with Gasteiger partial charge in [-0.1, -0.05) is 6.07 Å². The van der Waals surface area contributed by atoms with Crippen LogP contribution < -0.4 is 4.74 Å². The van der Waals surface area contributed by atoms with Crippen LogP contribution in [0.1, 0.15) is 24.2 Å². The molecule has 1 heterocycles. The zero-order valence-corrected chi connectivity index (χ0v) is 8.20. The molecule has 2 nitrogen and oxygen atoms in total. The Hall–Kier alpha value is -1.02. The molecule has 2 heteroatoms. The van der Waals surface area contributed by atoms with Gasteiger partial charge in [-0.3, -0.25) is 0 Å². The fraction of sp³-hybridized carbons (Fsp3) is 0.455. The quantitative estimate of drug-likeness (QED) is 0.649. The standard InChI is InChI=1S/C11H14O2/c1-7-6-9(11-8(2)13-11)4-5-10(7)12-3/h4-6,8,11H,1-3H3. The van der Waals surface area contributed by atoms with Crippen LogP contribution in [0.4, 0.5) is 0 Å². The normalized spacial score (nSPS) is 25.8. The van der Waals surface area contributed by atoms with Gasteiger partial charge in [-0.05, 0) is 37.1 Å². The Balaban J connectivity index is 2.25. The maximum atomic E-state index is 5.39. The van der Waals surface area contributed by atoms with Gasteiger partial charge in [-0.15, -0.1) is 0 Å². The molecule has 1 aromatic rings. The number of hydrogen-bond acceptors (Lipinski definition) is 2. The van der Waals surface area contributed by atoms with Crippen molar-refractivity contribution in [3.05, 3.63) is 29.3 Å². The summed E-state index contributed by atoms with van der Waals surface area (Å²) in [5.41, 5.74) is 2.42. The minimum atomic E-state index is 0.310. The highest BCUT2D eigenvalue weighted by Crippen LogP contribution is 2.39. The summed E-state index contributed by atoms with van der Waals surface area (Å²) in [4.78, 5) is 0. The summed E-state index contributed by atoms with van der Waals surface area (Å²) >= 11 is 0. The zero-order valence-electron chi connectivity index (χ0n) is 8.20. The Morgan fingerprint density at radius 3 is 2.54 bits per heavy atom. The largest absolute Gasteiger partial charge is 0.496 e. The van der Waals surface area contributed by atoms with Crippen LogP contribution in [0.15, 0.2) is 18.2 Å². The van der Waals surface area contributed by atoms with Gasteiger partial charge in [0.05, 0.1) is 13.2 Å². The van der Waals surface area contributed by atoms with E-state index in [4.69, 9.17) is 9.47 Å². The number of aryl methyl sites for hydroxylation is 1. The molecule has 1 saturated heterocycles. The molecule has 0 amide bonds. The van der Waals surface area contributed by atoms with E-state index in [1.807, 2.05) is 6.07 Å². The van der Waals surface area contributed by atoms with Crippen molar-refractivity contribution in [1.29, 1.82) is 0 Å². The van der Waals surface area contributed by atoms with Crippen molar-refractivity contribution in [2.45, 2.75) is 26.1 Å². The van der Waals surface area contributed by atoms with Crippen molar-refractivity contribution in [2.75, 3.05) is 7.11 Å². The zero-order chi connectivity index (χ0) is 9.42. The molecule has 13 heavy (non-hydrogen) atoms. The third-order valence-electron chi connectivity index (χ3n) is 2.46. The maximum Gasteiger partial charge on any atom is 0.121 e. The monoisotopic (exact) mass is 178 g/mol. The van der Waals surface area contributed by atoms with Crippen LogP contribution in [-0.4, -0.2) is 13.2 Å². The molecule has 1 aromatic carbocycles. The van der Waals surface area contributed by atoms with Crippen LogP contribution in [-0.2, 0) is 4.74 Å². The van der Waals surface area contributed by atoms with E-state index in [-0.39, 0.29) is 0 Å². The van der Waals surface area contributed by atoms with Gasteiger partial charge in [0.25, 0.3) is 0 Å². The minimum absolute atomic E-state index is 0.310. The molecule has 2 atom stereocenters. The fourth-order valence-electron chi connectivity index (χ4n) is 1.61. The second kappa shape index (κ2) is 3.04. The van der Waals surface area contributed by atoms with Gasteiger partial charge in [-0.25, -0.2) is 0 Å². The first-order valence-electron chi connectivity index (χ1n) is 4.52. The Bertz CT molecular complexity index is 320. The van der Waals surface area contributed by atoms with E-state index in [1.165, 1.54) is 11.1 Å². The van der Waals surface area contributed by atoms with Crippen LogP contribution in [0, 0.1) is 6.92 Å². The van der Waals surface area contributed by atoms with E-state index in [2.05, 4.69) is 26.0 Å². The highest BCUT2D eigenvalue weighted by molar-refractivity contribution is 5.38. The molecule has 0 aliphatic carbocycles. The smallest absolute Gasteiger partial charge is 0.121 e. The van der Waals surface area contributed by atoms with Gasteiger partial charge >= 0.3 is 0 Å². The Morgan fingerprint density at radius 1 is 1.38 bits per heavy atom. The molecule has 1 aliphatic heterocycles. The van der Waals surface area contributed by atoms with E-state index >= 15 is 0 Å². The van der Waals surface area contributed by atoms with Crippen LogP contribution in [0.5, 0.6) is 5.75 Å². The van der Waals surface area contributed by atoms with Crippen molar-refractivity contribution in [3.8, 4) is 5.75 Å². The molecular weight excluding hydrogens is 164 g/mol. The van der Waals surface area contributed by atoms with Crippen molar-refractivity contribution < 1.29 is 9.47 Å². The molecule has 0 aromatic heterocycles. The molecule has 0 bridgehead atoms. The third kappa shape index (κ3) is 1.54. The Kier molecular flexibility index (Phi) is 2.00. The number of ether oxygens (including phenoxy) is 2. The minimum Gasteiger partial charge on any atom is -0.496 e. The van der Waals surface area contributed by atoms with E-state index in [1.54, 1.807) is 7.11 Å². The summed E-state index contributed by atoms with van der Waals surface area (Å²) in [6, 6.07) is 6.20. The lowest BCUT2D eigenvalue weighted by Crippen LogP contribution is -1.90. The van der Waals surface area contributed by atoms with Gasteiger partial charge < -0.3 is 9.47 Å². The maximum absolute atomic E-state index is 5.39. The molecular formula is C11H14O2. The topological polar surface area (TPSA) is 21.8 Å². The van der Waals surface area contributed by atoms with E-state index in [0.717, 1.165) is 5.75 Å². The molecule has 0 radical (unpaired) electrons. The molecule has 1 aliphatic rings. The Labute approximate surface area is 78.5 Å². The summed E-state index contributed by atoms with van der Waals surface area (Å²) in [7, 11) is 1.69. The highest BCUT2D eigenvalue weighted by Gasteiger charge is 2.35. The number of epoxide rings is 1. The number of benzene rings is 1. The summed E-state index contributed by atoms with van der Waals surface area (Å²) in [5.74, 6) is 0.942.